The highest BCUT2D eigenvalue weighted by Crippen LogP contribution is 2.32. The van der Waals surface area contributed by atoms with Crippen molar-refractivity contribution in [2.24, 2.45) is 0 Å². The maximum absolute atomic E-state index is 13.1. The molecule has 0 spiro atoms. The number of aromatic nitrogens is 2. The van der Waals surface area contributed by atoms with Crippen LogP contribution < -0.4 is 10.1 Å². The van der Waals surface area contributed by atoms with Gasteiger partial charge >= 0.3 is 0 Å². The molecule has 0 unspecified atom stereocenters. The highest BCUT2D eigenvalue weighted by molar-refractivity contribution is 7.99. The van der Waals surface area contributed by atoms with Gasteiger partial charge in [0, 0.05) is 36.3 Å². The number of halogens is 1. The largest absolute Gasteiger partial charge is 0.490 e. The first-order valence-electron chi connectivity index (χ1n) is 11.7. The highest BCUT2D eigenvalue weighted by Gasteiger charge is 2.28. The number of amides is 2. The number of ether oxygens (including phenoxy) is 1. The maximum atomic E-state index is 13.1. The van der Waals surface area contributed by atoms with Crippen molar-refractivity contribution in [2.75, 3.05) is 32.0 Å². The van der Waals surface area contributed by atoms with Gasteiger partial charge in [0.1, 0.15) is 23.1 Å². The Balaban J connectivity index is 1.26. The average molecular weight is 543 g/mol. The number of thioether (sulfide) groups is 1. The number of rotatable bonds is 10. The number of nitrogens with one attached hydrogen (secondary N) is 1. The molecule has 1 aromatic carbocycles. The summed E-state index contributed by atoms with van der Waals surface area (Å²) in [5, 5.41) is 6.83. The summed E-state index contributed by atoms with van der Waals surface area (Å²) in [4.78, 5) is 36.5. The van der Waals surface area contributed by atoms with Gasteiger partial charge < -0.3 is 15.0 Å². The molecule has 0 radical (unpaired) electrons. The van der Waals surface area contributed by atoms with Crippen LogP contribution in [-0.2, 0) is 0 Å². The van der Waals surface area contributed by atoms with E-state index in [1.165, 1.54) is 23.1 Å². The number of hydrogen-bond donors (Lipinski definition) is 1. The van der Waals surface area contributed by atoms with Crippen LogP contribution in [0.3, 0.4) is 0 Å². The molecule has 10 heteroatoms. The van der Waals surface area contributed by atoms with Crippen molar-refractivity contribution in [3.05, 3.63) is 81.9 Å². The average Bonchev–Trinajstić information content (AvgIpc) is 3.41. The zero-order chi connectivity index (χ0) is 25.3. The van der Waals surface area contributed by atoms with Crippen LogP contribution in [0.2, 0.25) is 5.02 Å². The van der Waals surface area contributed by atoms with Crippen LogP contribution >= 0.6 is 34.7 Å². The number of hydrogen-bond acceptors (Lipinski definition) is 7. The van der Waals surface area contributed by atoms with Gasteiger partial charge in [-0.3, -0.25) is 9.59 Å². The Morgan fingerprint density at radius 3 is 2.83 bits per heavy atom. The van der Waals surface area contributed by atoms with E-state index in [9.17, 15) is 9.59 Å². The zero-order valence-corrected chi connectivity index (χ0v) is 22.1. The maximum Gasteiger partial charge on any atom is 0.270 e. The highest BCUT2D eigenvalue weighted by atomic mass is 35.5. The predicted octanol–water partition coefficient (Wildman–Crippen LogP) is 5.30. The predicted molar refractivity (Wildman–Crippen MR) is 144 cm³/mol. The van der Waals surface area contributed by atoms with Gasteiger partial charge in [-0.25, -0.2) is 9.97 Å². The topological polar surface area (TPSA) is 84.4 Å². The Morgan fingerprint density at radius 1 is 1.25 bits per heavy atom. The molecule has 36 heavy (non-hydrogen) atoms. The Morgan fingerprint density at radius 2 is 2.06 bits per heavy atom. The van der Waals surface area contributed by atoms with E-state index in [-0.39, 0.29) is 17.7 Å². The molecule has 7 nitrogen and oxygen atoms in total. The number of nitrogens with zero attached hydrogens (tertiary/aromatic N) is 3. The Bertz CT molecular complexity index is 1210. The van der Waals surface area contributed by atoms with Gasteiger partial charge in [-0.2, -0.15) is 0 Å². The Hall–Kier alpha value is -2.88. The van der Waals surface area contributed by atoms with Gasteiger partial charge in [0.15, 0.2) is 0 Å². The van der Waals surface area contributed by atoms with Crippen LogP contribution in [0, 0.1) is 0 Å². The van der Waals surface area contributed by atoms with Gasteiger partial charge in [-0.15, -0.1) is 29.7 Å². The molecular weight excluding hydrogens is 516 g/mol. The van der Waals surface area contributed by atoms with Gasteiger partial charge in [0.25, 0.3) is 11.8 Å². The minimum Gasteiger partial charge on any atom is -0.490 e. The van der Waals surface area contributed by atoms with Crippen LogP contribution in [0.15, 0.2) is 65.7 Å². The van der Waals surface area contributed by atoms with E-state index in [0.29, 0.717) is 54.0 Å². The van der Waals surface area contributed by atoms with E-state index in [2.05, 4.69) is 21.9 Å². The number of carbonyl (C=O) groups is 2. The molecule has 3 aromatic rings. The van der Waals surface area contributed by atoms with Crippen molar-refractivity contribution >= 4 is 46.5 Å². The molecule has 3 heterocycles. The number of thiazole rings is 1. The van der Waals surface area contributed by atoms with Crippen molar-refractivity contribution in [3.63, 3.8) is 0 Å². The number of likely N-dealkylation sites (tertiary alicyclic amines) is 1. The van der Waals surface area contributed by atoms with Crippen LogP contribution in [-0.4, -0.2) is 58.7 Å². The van der Waals surface area contributed by atoms with E-state index in [1.54, 1.807) is 35.9 Å². The number of piperidine rings is 1. The normalized spacial score (nSPS) is 13.9. The minimum absolute atomic E-state index is 0.00586. The quantitative estimate of drug-likeness (QED) is 0.213. The molecule has 1 aliphatic heterocycles. The molecule has 1 fully saturated rings. The smallest absolute Gasteiger partial charge is 0.270 e. The summed E-state index contributed by atoms with van der Waals surface area (Å²) in [5.74, 6) is 1.30. The lowest BCUT2D eigenvalue weighted by Gasteiger charge is -2.31. The van der Waals surface area contributed by atoms with E-state index >= 15 is 0 Å². The fourth-order valence-electron chi connectivity index (χ4n) is 3.86. The van der Waals surface area contributed by atoms with E-state index in [0.717, 1.165) is 22.9 Å². The lowest BCUT2D eigenvalue weighted by atomic mass is 9.97. The molecule has 0 bridgehead atoms. The first-order chi connectivity index (χ1) is 17.6. The van der Waals surface area contributed by atoms with Crippen LogP contribution in [0.4, 0.5) is 0 Å². The summed E-state index contributed by atoms with van der Waals surface area (Å²) in [6.45, 7) is 5.68. The molecule has 0 atom stereocenters. The molecule has 1 saturated heterocycles. The summed E-state index contributed by atoms with van der Waals surface area (Å²) < 4.78 is 5.61. The van der Waals surface area contributed by atoms with Crippen molar-refractivity contribution in [1.82, 2.24) is 20.2 Å². The van der Waals surface area contributed by atoms with E-state index in [4.69, 9.17) is 16.3 Å². The van der Waals surface area contributed by atoms with Crippen LogP contribution in [0.1, 0.15) is 44.6 Å². The summed E-state index contributed by atoms with van der Waals surface area (Å²) in [6, 6.07) is 10.8. The van der Waals surface area contributed by atoms with Crippen LogP contribution in [0.25, 0.3) is 0 Å². The third-order valence-electron chi connectivity index (χ3n) is 5.71. The van der Waals surface area contributed by atoms with Crippen molar-refractivity contribution in [1.29, 1.82) is 0 Å². The van der Waals surface area contributed by atoms with Gasteiger partial charge in [0.05, 0.1) is 22.1 Å². The summed E-state index contributed by atoms with van der Waals surface area (Å²) in [6.07, 6.45) is 5.12. The van der Waals surface area contributed by atoms with Gasteiger partial charge in [0.2, 0.25) is 0 Å². The molecule has 1 aliphatic rings. The third kappa shape index (κ3) is 6.66. The molecule has 2 amide bonds. The number of pyridine rings is 1. The second-order valence-electron chi connectivity index (χ2n) is 8.13. The van der Waals surface area contributed by atoms with Crippen molar-refractivity contribution < 1.29 is 14.3 Å². The lowest BCUT2D eigenvalue weighted by Crippen LogP contribution is -2.38. The van der Waals surface area contributed by atoms with E-state index < -0.39 is 0 Å². The van der Waals surface area contributed by atoms with Crippen LogP contribution in [0.5, 0.6) is 5.75 Å². The number of benzene rings is 1. The molecule has 0 aliphatic carbocycles. The fourth-order valence-corrected chi connectivity index (χ4v) is 5.75. The summed E-state index contributed by atoms with van der Waals surface area (Å²) in [7, 11) is 0. The SMILES string of the molecule is C=CCSc1ncccc1C(=O)N1CCC(c2nc(C(=O)NCCOc3ccccc3Cl)cs2)CC1. The first-order valence-corrected chi connectivity index (χ1v) is 13.9. The molecule has 4 rings (SSSR count). The second kappa shape index (κ2) is 12.9. The molecule has 0 saturated carbocycles. The molecular formula is C26H27ClN4O3S2. The Labute approximate surface area is 223 Å². The first kappa shape index (κ1) is 26.2. The lowest BCUT2D eigenvalue weighted by molar-refractivity contribution is 0.0708. The van der Waals surface area contributed by atoms with Crippen molar-refractivity contribution in [3.8, 4) is 5.75 Å². The standard InChI is InChI=1S/C26H27ClN4O3S2/c1-2-16-35-25-19(6-5-11-29-25)26(33)31-13-9-18(10-14-31)24-30-21(17-36-24)23(32)28-12-15-34-22-8-4-3-7-20(22)27/h2-8,11,17-18H,1,9-10,12-16H2,(H,28,32). The van der Waals surface area contributed by atoms with Crippen molar-refractivity contribution in [2.45, 2.75) is 23.8 Å². The summed E-state index contributed by atoms with van der Waals surface area (Å²) in [5.41, 5.74) is 1.04. The third-order valence-corrected chi connectivity index (χ3v) is 8.03. The van der Waals surface area contributed by atoms with E-state index in [1.807, 2.05) is 23.1 Å². The number of para-hydroxylation sites is 1. The molecule has 2 aromatic heterocycles. The minimum atomic E-state index is -0.228. The zero-order valence-electron chi connectivity index (χ0n) is 19.7. The summed E-state index contributed by atoms with van der Waals surface area (Å²) >= 11 is 9.08. The monoisotopic (exact) mass is 542 g/mol. The second-order valence-corrected chi connectivity index (χ2v) is 10.4. The fraction of sp³-hybridized carbons (Fsp3) is 0.308. The van der Waals surface area contributed by atoms with Gasteiger partial charge in [-0.1, -0.05) is 29.8 Å². The Kier molecular flexibility index (Phi) is 9.38. The molecule has 188 valence electrons. The van der Waals surface area contributed by atoms with Gasteiger partial charge in [-0.05, 0) is 37.1 Å². The molecule has 1 N–H and O–H groups in total. The number of carbonyl (C=O) groups excluding carboxylic acids is 2.